The topological polar surface area (TPSA) is 74.5 Å². The lowest BCUT2D eigenvalue weighted by Gasteiger charge is -2.03. The van der Waals surface area contributed by atoms with Gasteiger partial charge in [-0.3, -0.25) is 14.3 Å². The zero-order valence-electron chi connectivity index (χ0n) is 12.4. The Balaban J connectivity index is 2.27. The molecular weight excluding hydrogens is 264 g/mol. The maximum atomic E-state index is 6.22. The second-order valence-electron chi connectivity index (χ2n) is 4.99. The highest BCUT2D eigenvalue weighted by atomic mass is 15.3. The van der Waals surface area contributed by atoms with Crippen LogP contribution in [-0.2, 0) is 20.5 Å². The Kier molecular flexibility index (Phi) is 3.21. The standard InChI is InChI=1S/C15H18N6/c1-4-12-11(9-20(2)18-12)14-13(15(16)21(3)19-14)10-5-7-17-8-6-10/h5-9H,4,16H2,1-3H3. The summed E-state index contributed by atoms with van der Waals surface area (Å²) in [5.74, 6) is 0.641. The molecule has 0 saturated heterocycles. The molecule has 0 radical (unpaired) electrons. The molecule has 6 nitrogen and oxygen atoms in total. The van der Waals surface area contributed by atoms with E-state index in [-0.39, 0.29) is 0 Å². The third-order valence-electron chi connectivity index (χ3n) is 3.56. The van der Waals surface area contributed by atoms with Crippen molar-refractivity contribution in [2.75, 3.05) is 5.73 Å². The Morgan fingerprint density at radius 1 is 1.14 bits per heavy atom. The van der Waals surface area contributed by atoms with Gasteiger partial charge in [0.05, 0.1) is 11.3 Å². The third-order valence-corrected chi connectivity index (χ3v) is 3.56. The lowest BCUT2D eigenvalue weighted by molar-refractivity contribution is 0.746. The molecule has 0 atom stereocenters. The number of pyridine rings is 1. The number of hydrogen-bond acceptors (Lipinski definition) is 4. The van der Waals surface area contributed by atoms with Gasteiger partial charge >= 0.3 is 0 Å². The Morgan fingerprint density at radius 3 is 2.52 bits per heavy atom. The molecule has 3 aromatic heterocycles. The lowest BCUT2D eigenvalue weighted by Crippen LogP contribution is -1.97. The van der Waals surface area contributed by atoms with Crippen molar-refractivity contribution >= 4 is 5.82 Å². The van der Waals surface area contributed by atoms with Gasteiger partial charge in [0.2, 0.25) is 0 Å². The van der Waals surface area contributed by atoms with Crippen LogP contribution in [0.4, 0.5) is 5.82 Å². The molecule has 0 saturated carbocycles. The smallest absolute Gasteiger partial charge is 0.129 e. The van der Waals surface area contributed by atoms with E-state index in [9.17, 15) is 0 Å². The van der Waals surface area contributed by atoms with Gasteiger partial charge in [-0.25, -0.2) is 0 Å². The SMILES string of the molecule is CCc1nn(C)cc1-c1nn(C)c(N)c1-c1ccncc1. The van der Waals surface area contributed by atoms with Gasteiger partial charge < -0.3 is 5.73 Å². The van der Waals surface area contributed by atoms with E-state index in [1.54, 1.807) is 17.1 Å². The van der Waals surface area contributed by atoms with Crippen molar-refractivity contribution in [3.8, 4) is 22.4 Å². The van der Waals surface area contributed by atoms with E-state index in [1.807, 2.05) is 37.1 Å². The van der Waals surface area contributed by atoms with E-state index in [1.165, 1.54) is 0 Å². The van der Waals surface area contributed by atoms with Crippen LogP contribution in [-0.4, -0.2) is 24.5 Å². The van der Waals surface area contributed by atoms with Crippen molar-refractivity contribution in [3.63, 3.8) is 0 Å². The maximum absolute atomic E-state index is 6.22. The molecule has 6 heteroatoms. The highest BCUT2D eigenvalue weighted by molar-refractivity contribution is 5.88. The van der Waals surface area contributed by atoms with E-state index < -0.39 is 0 Å². The summed E-state index contributed by atoms with van der Waals surface area (Å²) in [4.78, 5) is 4.06. The molecule has 3 rings (SSSR count). The maximum Gasteiger partial charge on any atom is 0.129 e. The third kappa shape index (κ3) is 2.18. The Hall–Kier alpha value is -2.63. The van der Waals surface area contributed by atoms with Crippen LogP contribution in [0.3, 0.4) is 0 Å². The van der Waals surface area contributed by atoms with Crippen LogP contribution < -0.4 is 5.73 Å². The fourth-order valence-corrected chi connectivity index (χ4v) is 2.52. The van der Waals surface area contributed by atoms with Crippen molar-refractivity contribution in [1.29, 1.82) is 0 Å². The molecule has 3 heterocycles. The zero-order chi connectivity index (χ0) is 15.0. The van der Waals surface area contributed by atoms with Crippen LogP contribution in [0.2, 0.25) is 0 Å². The number of aromatic nitrogens is 5. The number of nitrogens with zero attached hydrogens (tertiary/aromatic N) is 5. The largest absolute Gasteiger partial charge is 0.383 e. The van der Waals surface area contributed by atoms with Crippen LogP contribution in [0.15, 0.2) is 30.7 Å². The Labute approximate surface area is 123 Å². The molecule has 0 fully saturated rings. The van der Waals surface area contributed by atoms with Crippen molar-refractivity contribution in [3.05, 3.63) is 36.4 Å². The first kappa shape index (κ1) is 13.4. The van der Waals surface area contributed by atoms with Gasteiger partial charge in [0.15, 0.2) is 0 Å². The number of nitrogens with two attached hydrogens (primary N) is 1. The summed E-state index contributed by atoms with van der Waals surface area (Å²) >= 11 is 0. The van der Waals surface area contributed by atoms with Crippen molar-refractivity contribution in [2.45, 2.75) is 13.3 Å². The normalized spacial score (nSPS) is 11.0. The highest BCUT2D eigenvalue weighted by Crippen LogP contribution is 2.36. The van der Waals surface area contributed by atoms with Gasteiger partial charge in [0.1, 0.15) is 11.5 Å². The molecule has 0 aliphatic carbocycles. The summed E-state index contributed by atoms with van der Waals surface area (Å²) in [6.45, 7) is 2.09. The molecule has 0 spiro atoms. The van der Waals surface area contributed by atoms with Gasteiger partial charge in [0.25, 0.3) is 0 Å². The van der Waals surface area contributed by atoms with Gasteiger partial charge in [-0.15, -0.1) is 0 Å². The minimum Gasteiger partial charge on any atom is -0.383 e. The molecule has 0 aliphatic heterocycles. The lowest BCUT2D eigenvalue weighted by atomic mass is 10.0. The Morgan fingerprint density at radius 2 is 1.86 bits per heavy atom. The summed E-state index contributed by atoms with van der Waals surface area (Å²) in [5.41, 5.74) is 11.1. The summed E-state index contributed by atoms with van der Waals surface area (Å²) < 4.78 is 3.52. The molecule has 0 bridgehead atoms. The second kappa shape index (κ2) is 5.05. The molecule has 0 aliphatic rings. The summed E-state index contributed by atoms with van der Waals surface area (Å²) in [5, 5.41) is 9.09. The van der Waals surface area contributed by atoms with Crippen molar-refractivity contribution in [2.24, 2.45) is 14.1 Å². The van der Waals surface area contributed by atoms with E-state index in [0.29, 0.717) is 5.82 Å². The first-order chi connectivity index (χ1) is 10.1. The van der Waals surface area contributed by atoms with Crippen LogP contribution in [0.25, 0.3) is 22.4 Å². The molecule has 0 amide bonds. The Bertz CT molecular complexity index is 769. The summed E-state index contributed by atoms with van der Waals surface area (Å²) in [7, 11) is 3.77. The fraction of sp³-hybridized carbons (Fsp3) is 0.267. The zero-order valence-corrected chi connectivity index (χ0v) is 12.4. The van der Waals surface area contributed by atoms with E-state index >= 15 is 0 Å². The summed E-state index contributed by atoms with van der Waals surface area (Å²) in [6, 6.07) is 3.89. The minimum absolute atomic E-state index is 0.641. The first-order valence-corrected chi connectivity index (χ1v) is 6.87. The quantitative estimate of drug-likeness (QED) is 0.797. The van der Waals surface area contributed by atoms with Gasteiger partial charge in [-0.2, -0.15) is 10.2 Å². The number of rotatable bonds is 3. The predicted octanol–water partition coefficient (Wildman–Crippen LogP) is 2.03. The molecule has 0 unspecified atom stereocenters. The van der Waals surface area contributed by atoms with Gasteiger partial charge in [0, 0.05) is 38.2 Å². The molecular formula is C15H18N6. The van der Waals surface area contributed by atoms with Crippen LogP contribution in [0.5, 0.6) is 0 Å². The average Bonchev–Trinajstić information content (AvgIpc) is 3.01. The summed E-state index contributed by atoms with van der Waals surface area (Å²) in [6.07, 6.45) is 6.36. The van der Waals surface area contributed by atoms with E-state index in [2.05, 4.69) is 22.1 Å². The monoisotopic (exact) mass is 282 g/mol. The highest BCUT2D eigenvalue weighted by Gasteiger charge is 2.20. The fourth-order valence-electron chi connectivity index (χ4n) is 2.52. The van der Waals surface area contributed by atoms with E-state index in [4.69, 9.17) is 5.73 Å². The molecule has 2 N–H and O–H groups in total. The number of aryl methyl sites for hydroxylation is 3. The molecule has 21 heavy (non-hydrogen) atoms. The van der Waals surface area contributed by atoms with Crippen molar-refractivity contribution < 1.29 is 0 Å². The van der Waals surface area contributed by atoms with Crippen LogP contribution in [0.1, 0.15) is 12.6 Å². The molecule has 3 aromatic rings. The van der Waals surface area contributed by atoms with Gasteiger partial charge in [-0.05, 0) is 24.1 Å². The molecule has 108 valence electrons. The number of anilines is 1. The van der Waals surface area contributed by atoms with Crippen LogP contribution in [0, 0.1) is 0 Å². The second-order valence-corrected chi connectivity index (χ2v) is 4.99. The first-order valence-electron chi connectivity index (χ1n) is 6.87. The minimum atomic E-state index is 0.641. The number of hydrogen-bond donors (Lipinski definition) is 1. The average molecular weight is 282 g/mol. The van der Waals surface area contributed by atoms with E-state index in [0.717, 1.165) is 34.5 Å². The van der Waals surface area contributed by atoms with Crippen LogP contribution >= 0.6 is 0 Å². The van der Waals surface area contributed by atoms with Crippen molar-refractivity contribution in [1.82, 2.24) is 24.5 Å². The predicted molar refractivity (Wildman–Crippen MR) is 82.4 cm³/mol. The molecule has 0 aromatic carbocycles. The van der Waals surface area contributed by atoms with Gasteiger partial charge in [-0.1, -0.05) is 6.92 Å². The number of nitrogen functional groups attached to an aromatic ring is 1.